The van der Waals surface area contributed by atoms with Gasteiger partial charge in [-0.05, 0) is 44.2 Å². The van der Waals surface area contributed by atoms with E-state index in [9.17, 15) is 14.7 Å². The Balaban J connectivity index is 1.41. The van der Waals surface area contributed by atoms with Crippen molar-refractivity contribution >= 4 is 11.9 Å². The van der Waals surface area contributed by atoms with Crippen LogP contribution in [0.1, 0.15) is 94.8 Å². The largest absolute Gasteiger partial charge is 0.481 e. The monoisotopic (exact) mass is 488 g/mol. The van der Waals surface area contributed by atoms with Crippen LogP contribution >= 0.6 is 0 Å². The van der Waals surface area contributed by atoms with Crippen LogP contribution in [0.2, 0.25) is 0 Å². The minimum atomic E-state index is -0.776. The fourth-order valence-corrected chi connectivity index (χ4v) is 5.55. The first-order valence-electron chi connectivity index (χ1n) is 13.4. The molecule has 1 aromatic carbocycles. The average Bonchev–Trinajstić information content (AvgIpc) is 3.77. The van der Waals surface area contributed by atoms with E-state index in [1.807, 2.05) is 6.07 Å². The van der Waals surface area contributed by atoms with Crippen LogP contribution in [-0.4, -0.2) is 47.8 Å². The lowest BCUT2D eigenvalue weighted by molar-refractivity contribution is -0.148. The second-order valence-corrected chi connectivity index (χ2v) is 10.5. The van der Waals surface area contributed by atoms with E-state index in [0.29, 0.717) is 43.8 Å². The number of rotatable bonds is 14. The number of carboxylic acids is 1. The van der Waals surface area contributed by atoms with Gasteiger partial charge in [0.05, 0.1) is 18.1 Å². The van der Waals surface area contributed by atoms with Gasteiger partial charge in [-0.15, -0.1) is 0 Å². The molecular weight excluding hydrogens is 448 g/mol. The molecule has 5 atom stereocenters. The number of hydrogen-bond acceptors (Lipinski definition) is 6. The number of aliphatic carboxylic acids is 1. The third kappa shape index (κ3) is 6.36. The number of para-hydroxylation sites is 1. The van der Waals surface area contributed by atoms with Crippen LogP contribution in [0.15, 0.2) is 24.3 Å². The van der Waals surface area contributed by atoms with Crippen molar-refractivity contribution in [3.05, 3.63) is 29.8 Å². The number of carbonyl (C=O) groups is 2. The first kappa shape index (κ1) is 26.0. The van der Waals surface area contributed by atoms with Crippen molar-refractivity contribution in [2.24, 2.45) is 11.8 Å². The summed E-state index contributed by atoms with van der Waals surface area (Å²) in [6.45, 7) is 5.44. The Morgan fingerprint density at radius 1 is 1.00 bits per heavy atom. The van der Waals surface area contributed by atoms with Gasteiger partial charge in [0, 0.05) is 12.3 Å². The molecule has 0 aromatic heterocycles. The number of carboxylic acid groups (broad SMARTS) is 1. The maximum Gasteiger partial charge on any atom is 0.342 e. The van der Waals surface area contributed by atoms with Crippen molar-refractivity contribution in [1.29, 1.82) is 0 Å². The summed E-state index contributed by atoms with van der Waals surface area (Å²) in [5, 5.41) is 9.85. The molecule has 1 N–H and O–H groups in total. The highest BCUT2D eigenvalue weighted by atomic mass is 16.8. The van der Waals surface area contributed by atoms with Gasteiger partial charge in [0.15, 0.2) is 0 Å². The molecule has 7 heteroatoms. The summed E-state index contributed by atoms with van der Waals surface area (Å²) >= 11 is 0. The second-order valence-electron chi connectivity index (χ2n) is 10.5. The Labute approximate surface area is 208 Å². The van der Waals surface area contributed by atoms with E-state index in [-0.39, 0.29) is 17.6 Å². The number of unbranched alkanes of at least 4 members (excludes halogenated alkanes) is 4. The van der Waals surface area contributed by atoms with Crippen LogP contribution < -0.4 is 4.74 Å². The zero-order valence-corrected chi connectivity index (χ0v) is 21.1. The molecule has 4 rings (SSSR count). The summed E-state index contributed by atoms with van der Waals surface area (Å²) in [6, 6.07) is 7.14. The van der Waals surface area contributed by atoms with Gasteiger partial charge < -0.3 is 24.1 Å². The zero-order chi connectivity index (χ0) is 24.9. The molecule has 35 heavy (non-hydrogen) atoms. The van der Waals surface area contributed by atoms with E-state index in [2.05, 4.69) is 13.8 Å². The third-order valence-corrected chi connectivity index (χ3v) is 7.82. The molecule has 2 heterocycles. The molecule has 0 radical (unpaired) electrons. The Bertz CT molecular complexity index is 874. The van der Waals surface area contributed by atoms with Gasteiger partial charge in [0.1, 0.15) is 24.0 Å². The lowest BCUT2D eigenvalue weighted by Gasteiger charge is -2.37. The number of esters is 1. The van der Waals surface area contributed by atoms with Crippen LogP contribution in [0, 0.1) is 11.8 Å². The molecule has 2 saturated heterocycles. The van der Waals surface area contributed by atoms with Crippen molar-refractivity contribution in [2.75, 3.05) is 13.2 Å². The van der Waals surface area contributed by atoms with E-state index in [0.717, 1.165) is 51.4 Å². The molecule has 2 aliphatic heterocycles. The van der Waals surface area contributed by atoms with Crippen molar-refractivity contribution in [2.45, 2.75) is 102 Å². The van der Waals surface area contributed by atoms with E-state index in [1.54, 1.807) is 18.2 Å². The Morgan fingerprint density at radius 3 is 2.31 bits per heavy atom. The molecule has 0 amide bonds. The molecule has 7 nitrogen and oxygen atoms in total. The number of epoxide rings is 2. The lowest BCUT2D eigenvalue weighted by Crippen LogP contribution is -2.42. The van der Waals surface area contributed by atoms with Gasteiger partial charge in [-0.25, -0.2) is 4.79 Å². The van der Waals surface area contributed by atoms with E-state index < -0.39 is 23.6 Å². The Hall–Kier alpha value is -2.12. The topological polar surface area (TPSA) is 97.9 Å². The Morgan fingerprint density at radius 2 is 1.69 bits per heavy atom. The number of hydrogen-bond donors (Lipinski definition) is 1. The highest BCUT2D eigenvalue weighted by Gasteiger charge is 2.57. The predicted octanol–water partition coefficient (Wildman–Crippen LogP) is 5.75. The van der Waals surface area contributed by atoms with Crippen molar-refractivity contribution in [1.82, 2.24) is 0 Å². The SMILES string of the molecule is CCCCCC1(Oc2ccccc2C(=O)OC2CCC(C(=O)O)C(C3(CCCCC)CO3)C2)CO1. The fourth-order valence-electron chi connectivity index (χ4n) is 5.55. The molecule has 5 unspecified atom stereocenters. The maximum atomic E-state index is 13.2. The summed E-state index contributed by atoms with van der Waals surface area (Å²) in [5.74, 6) is -1.97. The Kier molecular flexibility index (Phi) is 8.38. The molecule has 1 aliphatic carbocycles. The van der Waals surface area contributed by atoms with E-state index in [1.165, 1.54) is 0 Å². The molecule has 3 fully saturated rings. The van der Waals surface area contributed by atoms with Gasteiger partial charge >= 0.3 is 11.9 Å². The standard InChI is InChI=1S/C28H40O7/c1-3-5-9-15-27(18-32-27)23-17-20(13-14-21(23)25(29)30)34-26(31)22-11-7-8-12-24(22)35-28(19-33-28)16-10-6-4-2/h7-8,11-12,20-21,23H,3-6,9-10,13-19H2,1-2H3,(H,29,30). The summed E-state index contributed by atoms with van der Waals surface area (Å²) in [7, 11) is 0. The number of carbonyl (C=O) groups excluding carboxylic acids is 1. The maximum absolute atomic E-state index is 13.2. The summed E-state index contributed by atoms with van der Waals surface area (Å²) in [6.07, 6.45) is 9.36. The summed E-state index contributed by atoms with van der Waals surface area (Å²) < 4.78 is 23.6. The molecule has 0 bridgehead atoms. The minimum Gasteiger partial charge on any atom is -0.481 e. The molecule has 1 saturated carbocycles. The van der Waals surface area contributed by atoms with Gasteiger partial charge in [-0.2, -0.15) is 0 Å². The molecule has 3 aliphatic rings. The van der Waals surface area contributed by atoms with Crippen molar-refractivity contribution < 1.29 is 33.6 Å². The van der Waals surface area contributed by atoms with Crippen molar-refractivity contribution in [3.63, 3.8) is 0 Å². The van der Waals surface area contributed by atoms with Gasteiger partial charge in [-0.3, -0.25) is 4.79 Å². The van der Waals surface area contributed by atoms with Crippen LogP contribution in [0.4, 0.5) is 0 Å². The van der Waals surface area contributed by atoms with Gasteiger partial charge in [0.2, 0.25) is 5.79 Å². The van der Waals surface area contributed by atoms with E-state index in [4.69, 9.17) is 18.9 Å². The highest BCUT2D eigenvalue weighted by molar-refractivity contribution is 5.92. The molecule has 1 aromatic rings. The quantitative estimate of drug-likeness (QED) is 0.202. The van der Waals surface area contributed by atoms with Crippen LogP contribution in [0.3, 0.4) is 0 Å². The summed E-state index contributed by atoms with van der Waals surface area (Å²) in [4.78, 5) is 25.2. The molecule has 0 spiro atoms. The van der Waals surface area contributed by atoms with Gasteiger partial charge in [0.25, 0.3) is 0 Å². The average molecular weight is 489 g/mol. The second kappa shape index (κ2) is 11.3. The highest BCUT2D eigenvalue weighted by Crippen LogP contribution is 2.50. The number of ether oxygens (including phenoxy) is 4. The molecular formula is C28H40O7. The lowest BCUT2D eigenvalue weighted by atomic mass is 9.70. The third-order valence-electron chi connectivity index (χ3n) is 7.82. The van der Waals surface area contributed by atoms with Crippen LogP contribution in [0.25, 0.3) is 0 Å². The normalized spacial score (nSPS) is 31.5. The van der Waals surface area contributed by atoms with Crippen LogP contribution in [0.5, 0.6) is 5.75 Å². The zero-order valence-electron chi connectivity index (χ0n) is 21.1. The van der Waals surface area contributed by atoms with Crippen LogP contribution in [-0.2, 0) is 19.0 Å². The first-order valence-corrected chi connectivity index (χ1v) is 13.4. The molecule has 194 valence electrons. The smallest absolute Gasteiger partial charge is 0.342 e. The summed E-state index contributed by atoms with van der Waals surface area (Å²) in [5.41, 5.74) is 0.00787. The first-order chi connectivity index (χ1) is 16.9. The predicted molar refractivity (Wildman–Crippen MR) is 130 cm³/mol. The minimum absolute atomic E-state index is 0.142. The number of benzene rings is 1. The van der Waals surface area contributed by atoms with E-state index >= 15 is 0 Å². The fraction of sp³-hybridized carbons (Fsp3) is 0.714. The van der Waals surface area contributed by atoms with Crippen molar-refractivity contribution in [3.8, 4) is 5.75 Å². The van der Waals surface area contributed by atoms with Gasteiger partial charge in [-0.1, -0.05) is 58.1 Å².